The molecule has 9 nitrogen and oxygen atoms in total. The Morgan fingerprint density at radius 3 is 2.73 bits per heavy atom. The average molecular weight is 496 g/mol. The number of carbonyl (C=O) groups excluding carboxylic acids is 1. The number of carbonyl (C=O) groups is 1. The number of aromatic nitrogens is 4. The Morgan fingerprint density at radius 1 is 1.14 bits per heavy atom. The molecule has 2 N–H and O–H groups in total. The number of likely N-dealkylation sites (tertiary alicyclic amines) is 1. The summed E-state index contributed by atoms with van der Waals surface area (Å²) in [5.74, 6) is 9.00. The fourth-order valence-corrected chi connectivity index (χ4v) is 4.68. The van der Waals surface area contributed by atoms with Crippen molar-refractivity contribution in [3.05, 3.63) is 53.6 Å². The standard InChI is InChI=1S/C28H29N7O2/c1-29-27-22-13-30-25(33-28(36)18-7-8-18)11-21(22)19(12-31-27)6-4-17-5-9-23-24(10-17)34(2)26(32-23)16-35-14-20(15-35)37-3/h5,9-13,18,20H,7-8,14-16H2,1-3H3,(H,29,31)(H,30,33,36). The molecular formula is C28H29N7O2. The SMILES string of the molecule is CNc1ncc(C#Cc2ccc3nc(CN4CC(OC)C4)n(C)c3c2)c2cc(NC(=O)C3CC3)ncc12. The Kier molecular flexibility index (Phi) is 5.99. The summed E-state index contributed by atoms with van der Waals surface area (Å²) in [5.41, 5.74) is 3.68. The number of amides is 1. The van der Waals surface area contributed by atoms with Gasteiger partial charge in [-0.25, -0.2) is 15.0 Å². The summed E-state index contributed by atoms with van der Waals surface area (Å²) in [5, 5.41) is 7.78. The number of imidazole rings is 1. The fourth-order valence-electron chi connectivity index (χ4n) is 4.68. The first-order valence-electron chi connectivity index (χ1n) is 12.5. The summed E-state index contributed by atoms with van der Waals surface area (Å²) in [4.78, 5) is 28.4. The largest absolute Gasteiger partial charge is 0.379 e. The van der Waals surface area contributed by atoms with E-state index in [4.69, 9.17) is 9.72 Å². The van der Waals surface area contributed by atoms with Crippen LogP contribution >= 0.6 is 0 Å². The minimum atomic E-state index is 0.0267. The molecule has 3 aromatic heterocycles. The number of aryl methyl sites for hydroxylation is 1. The van der Waals surface area contributed by atoms with E-state index in [1.165, 1.54) is 0 Å². The minimum absolute atomic E-state index is 0.0267. The van der Waals surface area contributed by atoms with Crippen molar-refractivity contribution >= 4 is 39.3 Å². The van der Waals surface area contributed by atoms with E-state index in [0.29, 0.717) is 11.9 Å². The number of ether oxygens (including phenoxy) is 1. The van der Waals surface area contributed by atoms with Gasteiger partial charge in [-0.05, 0) is 37.1 Å². The lowest BCUT2D eigenvalue weighted by Gasteiger charge is -2.37. The van der Waals surface area contributed by atoms with Crippen molar-refractivity contribution in [3.63, 3.8) is 0 Å². The number of hydrogen-bond acceptors (Lipinski definition) is 7. The van der Waals surface area contributed by atoms with Crippen molar-refractivity contribution in [1.29, 1.82) is 0 Å². The number of fused-ring (bicyclic) bond motifs is 2. The van der Waals surface area contributed by atoms with Gasteiger partial charge in [0.2, 0.25) is 5.91 Å². The van der Waals surface area contributed by atoms with Crippen LogP contribution in [-0.4, -0.2) is 63.7 Å². The van der Waals surface area contributed by atoms with E-state index in [1.807, 2.05) is 32.3 Å². The quantitative estimate of drug-likeness (QED) is 0.397. The molecule has 37 heavy (non-hydrogen) atoms. The van der Waals surface area contributed by atoms with Crippen molar-refractivity contribution in [3.8, 4) is 11.8 Å². The van der Waals surface area contributed by atoms with E-state index in [9.17, 15) is 4.79 Å². The number of benzene rings is 1. The monoisotopic (exact) mass is 495 g/mol. The first kappa shape index (κ1) is 23.4. The summed E-state index contributed by atoms with van der Waals surface area (Å²) < 4.78 is 7.52. The maximum Gasteiger partial charge on any atom is 0.228 e. The molecule has 1 saturated carbocycles. The molecule has 1 aliphatic heterocycles. The molecule has 4 aromatic rings. The van der Waals surface area contributed by atoms with Gasteiger partial charge in [-0.15, -0.1) is 0 Å². The zero-order chi connectivity index (χ0) is 25.5. The Balaban J connectivity index is 1.30. The lowest BCUT2D eigenvalue weighted by molar-refractivity contribution is -0.117. The number of rotatable bonds is 6. The zero-order valence-electron chi connectivity index (χ0n) is 21.2. The predicted octanol–water partition coefficient (Wildman–Crippen LogP) is 3.14. The van der Waals surface area contributed by atoms with Crippen LogP contribution in [0.4, 0.5) is 11.6 Å². The molecule has 4 heterocycles. The molecule has 0 unspecified atom stereocenters. The van der Waals surface area contributed by atoms with Gasteiger partial charge in [0.1, 0.15) is 17.5 Å². The van der Waals surface area contributed by atoms with Gasteiger partial charge in [0.15, 0.2) is 0 Å². The molecular weight excluding hydrogens is 466 g/mol. The molecule has 2 fully saturated rings. The highest BCUT2D eigenvalue weighted by Gasteiger charge is 2.30. The van der Waals surface area contributed by atoms with Crippen molar-refractivity contribution in [1.82, 2.24) is 24.4 Å². The second kappa shape index (κ2) is 9.47. The molecule has 2 aliphatic rings. The molecule has 188 valence electrons. The Morgan fingerprint density at radius 2 is 1.97 bits per heavy atom. The number of nitrogens with one attached hydrogen (secondary N) is 2. The van der Waals surface area contributed by atoms with Crippen LogP contribution in [0.25, 0.3) is 21.8 Å². The summed E-state index contributed by atoms with van der Waals surface area (Å²) in [6.45, 7) is 2.67. The summed E-state index contributed by atoms with van der Waals surface area (Å²) in [7, 11) is 5.63. The highest BCUT2D eigenvalue weighted by molar-refractivity contribution is 5.99. The smallest absolute Gasteiger partial charge is 0.228 e. The maximum atomic E-state index is 12.3. The second-order valence-electron chi connectivity index (χ2n) is 9.74. The fraction of sp³-hybridized carbons (Fsp3) is 0.357. The number of anilines is 2. The lowest BCUT2D eigenvalue weighted by Crippen LogP contribution is -2.51. The van der Waals surface area contributed by atoms with Gasteiger partial charge in [-0.2, -0.15) is 0 Å². The van der Waals surface area contributed by atoms with Crippen LogP contribution in [0.1, 0.15) is 29.8 Å². The Hall–Kier alpha value is -4.00. The van der Waals surface area contributed by atoms with E-state index in [1.54, 1.807) is 19.5 Å². The highest BCUT2D eigenvalue weighted by atomic mass is 16.5. The van der Waals surface area contributed by atoms with Crippen LogP contribution in [0.2, 0.25) is 0 Å². The number of hydrogen-bond donors (Lipinski definition) is 2. The number of pyridine rings is 2. The van der Waals surface area contributed by atoms with Crippen LogP contribution in [0, 0.1) is 17.8 Å². The minimum Gasteiger partial charge on any atom is -0.379 e. The Labute approximate surface area is 215 Å². The first-order valence-corrected chi connectivity index (χ1v) is 12.5. The molecule has 1 amide bonds. The van der Waals surface area contributed by atoms with Crippen LogP contribution < -0.4 is 10.6 Å². The van der Waals surface area contributed by atoms with Gasteiger partial charge in [-0.3, -0.25) is 9.69 Å². The van der Waals surface area contributed by atoms with E-state index >= 15 is 0 Å². The maximum absolute atomic E-state index is 12.3. The summed E-state index contributed by atoms with van der Waals surface area (Å²) in [6, 6.07) is 7.97. The molecule has 1 aromatic carbocycles. The zero-order valence-corrected chi connectivity index (χ0v) is 21.2. The first-order chi connectivity index (χ1) is 18.0. The third-order valence-electron chi connectivity index (χ3n) is 7.15. The molecule has 1 saturated heterocycles. The predicted molar refractivity (Wildman–Crippen MR) is 143 cm³/mol. The number of methoxy groups -OCH3 is 1. The second-order valence-corrected chi connectivity index (χ2v) is 9.74. The normalized spacial score (nSPS) is 15.9. The van der Waals surface area contributed by atoms with Gasteiger partial charge in [-0.1, -0.05) is 11.8 Å². The topological polar surface area (TPSA) is 97.2 Å². The molecule has 0 spiro atoms. The Bertz CT molecular complexity index is 1570. The lowest BCUT2D eigenvalue weighted by atomic mass is 10.1. The third kappa shape index (κ3) is 4.61. The molecule has 1 aliphatic carbocycles. The van der Waals surface area contributed by atoms with E-state index in [2.05, 4.69) is 48.0 Å². The van der Waals surface area contributed by atoms with Crippen LogP contribution in [-0.2, 0) is 23.1 Å². The molecule has 0 atom stereocenters. The van der Waals surface area contributed by atoms with E-state index < -0.39 is 0 Å². The molecule has 0 bridgehead atoms. The van der Waals surface area contributed by atoms with E-state index in [0.717, 1.165) is 77.1 Å². The van der Waals surface area contributed by atoms with Crippen LogP contribution in [0.15, 0.2) is 36.7 Å². The van der Waals surface area contributed by atoms with Gasteiger partial charge in [0.05, 0.1) is 29.2 Å². The van der Waals surface area contributed by atoms with E-state index in [-0.39, 0.29) is 11.8 Å². The van der Waals surface area contributed by atoms with Crippen LogP contribution in [0.3, 0.4) is 0 Å². The summed E-state index contributed by atoms with van der Waals surface area (Å²) >= 11 is 0. The van der Waals surface area contributed by atoms with Gasteiger partial charge in [0.25, 0.3) is 0 Å². The third-order valence-corrected chi connectivity index (χ3v) is 7.15. The van der Waals surface area contributed by atoms with Gasteiger partial charge >= 0.3 is 0 Å². The molecule has 9 heteroatoms. The van der Waals surface area contributed by atoms with Crippen molar-refractivity contribution < 1.29 is 9.53 Å². The van der Waals surface area contributed by atoms with Gasteiger partial charge < -0.3 is 19.9 Å². The van der Waals surface area contributed by atoms with Gasteiger partial charge in [0, 0.05) is 68.9 Å². The molecule has 6 rings (SSSR count). The molecule has 0 radical (unpaired) electrons. The summed E-state index contributed by atoms with van der Waals surface area (Å²) in [6.07, 6.45) is 5.70. The average Bonchev–Trinajstić information content (AvgIpc) is 3.69. The highest BCUT2D eigenvalue weighted by Crippen LogP contribution is 2.31. The van der Waals surface area contributed by atoms with Crippen molar-refractivity contribution in [2.75, 3.05) is 37.9 Å². The van der Waals surface area contributed by atoms with Crippen molar-refractivity contribution in [2.24, 2.45) is 13.0 Å². The van der Waals surface area contributed by atoms with Crippen LogP contribution in [0.5, 0.6) is 0 Å². The number of nitrogens with zero attached hydrogens (tertiary/aromatic N) is 5. The van der Waals surface area contributed by atoms with Crippen molar-refractivity contribution in [2.45, 2.75) is 25.5 Å².